The van der Waals surface area contributed by atoms with Crippen molar-refractivity contribution >= 4 is 49.3 Å². The van der Waals surface area contributed by atoms with Gasteiger partial charge in [-0.25, -0.2) is 0 Å². The molecule has 142 valence electrons. The van der Waals surface area contributed by atoms with E-state index in [9.17, 15) is 0 Å². The number of fused-ring (bicyclic) bond motifs is 4. The minimum absolute atomic E-state index is 0.676. The molecule has 1 aliphatic rings. The molecule has 1 saturated carbocycles. The van der Waals surface area contributed by atoms with Gasteiger partial charge in [-0.2, -0.15) is 0 Å². The number of benzene rings is 2. The van der Waals surface area contributed by atoms with Crippen LogP contribution >= 0.6 is 11.3 Å². The second kappa shape index (κ2) is 6.93. The lowest BCUT2D eigenvalue weighted by Crippen LogP contribution is -2.06. The number of para-hydroxylation sites is 1. The molecule has 0 unspecified atom stereocenters. The van der Waals surface area contributed by atoms with Crippen molar-refractivity contribution in [3.63, 3.8) is 0 Å². The number of hydrogen-bond donors (Lipinski definition) is 0. The van der Waals surface area contributed by atoms with Crippen molar-refractivity contribution in [1.82, 2.24) is 4.57 Å². The number of hydrogen-bond acceptors (Lipinski definition) is 1. The van der Waals surface area contributed by atoms with E-state index in [0.29, 0.717) is 5.92 Å². The molecule has 0 amide bonds. The van der Waals surface area contributed by atoms with Crippen LogP contribution in [0.3, 0.4) is 0 Å². The molecule has 0 aliphatic heterocycles. The Morgan fingerprint density at radius 3 is 2.64 bits per heavy atom. The lowest BCUT2D eigenvalue weighted by Gasteiger charge is -2.24. The molecule has 1 fully saturated rings. The summed E-state index contributed by atoms with van der Waals surface area (Å²) in [5, 5.41) is 4.43. The number of nitrogens with zero attached hydrogens (tertiary/aromatic N) is 1. The van der Waals surface area contributed by atoms with Gasteiger partial charge in [-0.1, -0.05) is 56.2 Å². The maximum atomic E-state index is 3.85. The second-order valence-corrected chi connectivity index (χ2v) is 9.24. The van der Waals surface area contributed by atoms with Crippen molar-refractivity contribution in [2.75, 3.05) is 0 Å². The summed E-state index contributed by atoms with van der Waals surface area (Å²) in [6, 6.07) is 11.4. The molecule has 1 aliphatic carbocycles. The van der Waals surface area contributed by atoms with Gasteiger partial charge in [0.1, 0.15) is 0 Å². The van der Waals surface area contributed by atoms with Crippen LogP contribution in [-0.4, -0.2) is 4.57 Å². The van der Waals surface area contributed by atoms with E-state index in [1.54, 1.807) is 5.56 Å². The molecule has 0 radical (unpaired) electrons. The quantitative estimate of drug-likeness (QED) is 0.314. The highest BCUT2D eigenvalue weighted by Gasteiger charge is 2.25. The Hall–Kier alpha value is -2.32. The summed E-state index contributed by atoms with van der Waals surface area (Å²) < 4.78 is 3.82. The van der Waals surface area contributed by atoms with Crippen LogP contribution in [0.1, 0.15) is 54.0 Å². The smallest absolute Gasteiger partial charge is 0.0506 e. The van der Waals surface area contributed by atoms with Crippen molar-refractivity contribution in [1.29, 1.82) is 0 Å². The number of aromatic nitrogens is 1. The molecule has 2 aromatic carbocycles. The molecular weight excluding hydrogens is 358 g/mol. The standard InChI is InChI=1S/C26H27NS/c1-4-5-15-22-17(2)24-23(28-22)16-21-26(25(24)18-11-7-6-8-12-18)19-13-9-10-14-20(19)27(21)3/h4-5,9-10,13-16,18H,1,6-8,11-12H2,2-3H3/b15-5-. The van der Waals surface area contributed by atoms with Crippen LogP contribution in [0.5, 0.6) is 0 Å². The van der Waals surface area contributed by atoms with E-state index in [1.807, 2.05) is 17.4 Å². The van der Waals surface area contributed by atoms with Gasteiger partial charge < -0.3 is 4.57 Å². The SMILES string of the molecule is C=C/C=C\c1sc2cc3c(c(C4CCCCC4)c2c1C)c1ccccc1n3C. The van der Waals surface area contributed by atoms with E-state index >= 15 is 0 Å². The van der Waals surface area contributed by atoms with Crippen LogP contribution in [0, 0.1) is 6.92 Å². The van der Waals surface area contributed by atoms with E-state index in [0.717, 1.165) is 0 Å². The number of rotatable bonds is 3. The molecule has 0 spiro atoms. The van der Waals surface area contributed by atoms with Crippen LogP contribution < -0.4 is 0 Å². The Labute approximate surface area is 171 Å². The first-order valence-corrected chi connectivity index (χ1v) is 11.2. The lowest BCUT2D eigenvalue weighted by atomic mass is 9.80. The van der Waals surface area contributed by atoms with Crippen LogP contribution in [-0.2, 0) is 7.05 Å². The molecule has 0 bridgehead atoms. The molecule has 0 atom stereocenters. The molecule has 4 aromatic rings. The Morgan fingerprint density at radius 1 is 1.07 bits per heavy atom. The number of aryl methyl sites for hydroxylation is 2. The molecule has 2 aromatic heterocycles. The molecule has 2 heterocycles. The maximum Gasteiger partial charge on any atom is 0.0506 e. The minimum Gasteiger partial charge on any atom is -0.344 e. The predicted octanol–water partition coefficient (Wildman–Crippen LogP) is 8.10. The van der Waals surface area contributed by atoms with Gasteiger partial charge in [0, 0.05) is 38.3 Å². The zero-order valence-corrected chi connectivity index (χ0v) is 17.6. The summed E-state index contributed by atoms with van der Waals surface area (Å²) in [6.45, 7) is 6.16. The van der Waals surface area contributed by atoms with E-state index in [1.165, 1.54) is 74.4 Å². The van der Waals surface area contributed by atoms with Crippen molar-refractivity contribution in [2.45, 2.75) is 44.9 Å². The fourth-order valence-electron chi connectivity index (χ4n) is 5.22. The van der Waals surface area contributed by atoms with Gasteiger partial charge in [-0.3, -0.25) is 0 Å². The van der Waals surface area contributed by atoms with E-state index in [4.69, 9.17) is 0 Å². The molecule has 2 heteroatoms. The third kappa shape index (κ3) is 2.58. The number of thiophene rings is 1. The van der Waals surface area contributed by atoms with Gasteiger partial charge in [0.25, 0.3) is 0 Å². The van der Waals surface area contributed by atoms with E-state index in [-0.39, 0.29) is 0 Å². The Kier molecular flexibility index (Phi) is 4.40. The summed E-state index contributed by atoms with van der Waals surface area (Å²) in [7, 11) is 2.22. The molecule has 0 saturated heterocycles. The fraction of sp³-hybridized carbons (Fsp3) is 0.308. The van der Waals surface area contributed by atoms with Crippen molar-refractivity contribution < 1.29 is 0 Å². The van der Waals surface area contributed by atoms with Crippen LogP contribution in [0.15, 0.2) is 49.1 Å². The van der Waals surface area contributed by atoms with E-state index in [2.05, 4.69) is 67.6 Å². The monoisotopic (exact) mass is 385 g/mol. The highest BCUT2D eigenvalue weighted by atomic mass is 32.1. The Balaban J connectivity index is 1.94. The third-order valence-corrected chi connectivity index (χ3v) is 7.77. The van der Waals surface area contributed by atoms with Crippen molar-refractivity contribution in [3.8, 4) is 0 Å². The summed E-state index contributed by atoms with van der Waals surface area (Å²) in [5.41, 5.74) is 5.79. The summed E-state index contributed by atoms with van der Waals surface area (Å²) in [4.78, 5) is 1.37. The largest absolute Gasteiger partial charge is 0.344 e. The van der Waals surface area contributed by atoms with Crippen molar-refractivity contribution in [3.05, 3.63) is 65.1 Å². The molecule has 28 heavy (non-hydrogen) atoms. The highest BCUT2D eigenvalue weighted by Crippen LogP contribution is 2.47. The molecule has 1 nitrogen and oxygen atoms in total. The average molecular weight is 386 g/mol. The maximum absolute atomic E-state index is 3.85. The lowest BCUT2D eigenvalue weighted by molar-refractivity contribution is 0.447. The first kappa shape index (κ1) is 17.8. The van der Waals surface area contributed by atoms with Gasteiger partial charge >= 0.3 is 0 Å². The Bertz CT molecular complexity index is 1230. The zero-order valence-electron chi connectivity index (χ0n) is 16.8. The van der Waals surface area contributed by atoms with Gasteiger partial charge in [-0.15, -0.1) is 11.3 Å². The first-order valence-electron chi connectivity index (χ1n) is 10.4. The summed E-state index contributed by atoms with van der Waals surface area (Å²) in [5.74, 6) is 0.676. The molecule has 0 N–H and O–H groups in total. The van der Waals surface area contributed by atoms with Crippen LogP contribution in [0.4, 0.5) is 0 Å². The summed E-state index contributed by atoms with van der Waals surface area (Å²) in [6.07, 6.45) is 12.9. The normalized spacial score (nSPS) is 16.1. The number of allylic oxidation sites excluding steroid dienone is 2. The molecular formula is C26H27NS. The minimum atomic E-state index is 0.676. The third-order valence-electron chi connectivity index (χ3n) is 6.57. The topological polar surface area (TPSA) is 4.93 Å². The van der Waals surface area contributed by atoms with Gasteiger partial charge in [-0.05, 0) is 55.0 Å². The van der Waals surface area contributed by atoms with Gasteiger partial charge in [0.2, 0.25) is 0 Å². The van der Waals surface area contributed by atoms with Crippen molar-refractivity contribution in [2.24, 2.45) is 7.05 Å². The predicted molar refractivity (Wildman–Crippen MR) is 126 cm³/mol. The molecule has 5 rings (SSSR count). The fourth-order valence-corrected chi connectivity index (χ4v) is 6.39. The average Bonchev–Trinajstić information content (AvgIpc) is 3.20. The highest BCUT2D eigenvalue weighted by molar-refractivity contribution is 7.20. The summed E-state index contributed by atoms with van der Waals surface area (Å²) >= 11 is 1.93. The second-order valence-electron chi connectivity index (χ2n) is 8.15. The van der Waals surface area contributed by atoms with Crippen LogP contribution in [0.2, 0.25) is 0 Å². The van der Waals surface area contributed by atoms with Gasteiger partial charge in [0.05, 0.1) is 5.52 Å². The van der Waals surface area contributed by atoms with Crippen LogP contribution in [0.25, 0.3) is 38.0 Å². The first-order chi connectivity index (χ1) is 13.7. The zero-order chi connectivity index (χ0) is 19.3. The Morgan fingerprint density at radius 2 is 1.86 bits per heavy atom. The van der Waals surface area contributed by atoms with E-state index < -0.39 is 0 Å². The van der Waals surface area contributed by atoms with Gasteiger partial charge in [0.15, 0.2) is 0 Å².